The second-order valence-corrected chi connectivity index (χ2v) is 3.31. The van der Waals surface area contributed by atoms with Crippen LogP contribution in [0.4, 0.5) is 0 Å². The molecule has 2 aliphatic rings. The van der Waals surface area contributed by atoms with Gasteiger partial charge in [-0.3, -0.25) is 0 Å². The number of epoxide rings is 1. The summed E-state index contributed by atoms with van der Waals surface area (Å²) < 4.78 is 5.33. The summed E-state index contributed by atoms with van der Waals surface area (Å²) >= 11 is 0. The molecular formula is C7H12O2. The zero-order valence-corrected chi connectivity index (χ0v) is 5.63. The molecule has 3 unspecified atom stereocenters. The third-order valence-electron chi connectivity index (χ3n) is 2.46. The van der Waals surface area contributed by atoms with E-state index in [9.17, 15) is 5.11 Å². The minimum atomic E-state index is -0.177. The van der Waals surface area contributed by atoms with E-state index in [1.165, 1.54) is 0 Å². The zero-order valence-electron chi connectivity index (χ0n) is 5.63. The molecule has 1 heterocycles. The summed E-state index contributed by atoms with van der Waals surface area (Å²) in [7, 11) is 0. The molecule has 3 atom stereocenters. The molecule has 0 radical (unpaired) electrons. The van der Waals surface area contributed by atoms with Crippen LogP contribution in [0.2, 0.25) is 0 Å². The van der Waals surface area contributed by atoms with Gasteiger partial charge in [-0.15, -0.1) is 0 Å². The second-order valence-electron chi connectivity index (χ2n) is 3.31. The lowest BCUT2D eigenvalue weighted by Crippen LogP contribution is -2.27. The quantitative estimate of drug-likeness (QED) is 0.487. The fraction of sp³-hybridized carbons (Fsp3) is 1.00. The topological polar surface area (TPSA) is 32.8 Å². The van der Waals surface area contributed by atoms with E-state index < -0.39 is 0 Å². The maximum absolute atomic E-state index is 9.26. The number of rotatable bonds is 0. The van der Waals surface area contributed by atoms with E-state index in [2.05, 4.69) is 6.92 Å². The molecule has 0 aromatic carbocycles. The maximum atomic E-state index is 9.26. The van der Waals surface area contributed by atoms with Crippen molar-refractivity contribution in [2.24, 2.45) is 0 Å². The number of ether oxygens (including phenoxy) is 1. The maximum Gasteiger partial charge on any atom is 0.113 e. The SMILES string of the molecule is CC12CCCC(O)C1O2. The van der Waals surface area contributed by atoms with Crippen LogP contribution in [0.15, 0.2) is 0 Å². The van der Waals surface area contributed by atoms with Gasteiger partial charge in [-0.2, -0.15) is 0 Å². The van der Waals surface area contributed by atoms with Crippen molar-refractivity contribution in [3.05, 3.63) is 0 Å². The molecule has 1 saturated carbocycles. The summed E-state index contributed by atoms with van der Waals surface area (Å²) in [6.07, 6.45) is 3.18. The smallest absolute Gasteiger partial charge is 0.113 e. The molecule has 9 heavy (non-hydrogen) atoms. The summed E-state index contributed by atoms with van der Waals surface area (Å²) in [5.74, 6) is 0. The Hall–Kier alpha value is -0.0800. The lowest BCUT2D eigenvalue weighted by Gasteiger charge is -2.16. The molecular weight excluding hydrogens is 116 g/mol. The van der Waals surface area contributed by atoms with Gasteiger partial charge in [0.15, 0.2) is 0 Å². The molecule has 0 spiro atoms. The third kappa shape index (κ3) is 0.700. The van der Waals surface area contributed by atoms with Gasteiger partial charge < -0.3 is 9.84 Å². The summed E-state index contributed by atoms with van der Waals surface area (Å²) in [5.41, 5.74) is 0.0671. The molecule has 1 aliphatic carbocycles. The predicted molar refractivity (Wildman–Crippen MR) is 33.1 cm³/mol. The highest BCUT2D eigenvalue weighted by molar-refractivity contribution is 5.05. The fourth-order valence-electron chi connectivity index (χ4n) is 1.76. The number of fused-ring (bicyclic) bond motifs is 1. The highest BCUT2D eigenvalue weighted by Gasteiger charge is 2.57. The Morgan fingerprint density at radius 1 is 1.67 bits per heavy atom. The van der Waals surface area contributed by atoms with Gasteiger partial charge in [0.2, 0.25) is 0 Å². The summed E-state index contributed by atoms with van der Waals surface area (Å²) in [4.78, 5) is 0. The Labute approximate surface area is 54.8 Å². The number of hydrogen-bond acceptors (Lipinski definition) is 2. The molecule has 2 heteroatoms. The van der Waals surface area contributed by atoms with Gasteiger partial charge in [-0.1, -0.05) is 0 Å². The molecule has 1 saturated heterocycles. The summed E-state index contributed by atoms with van der Waals surface area (Å²) in [5, 5.41) is 9.26. The first-order chi connectivity index (χ1) is 4.22. The van der Waals surface area contributed by atoms with Crippen LogP contribution < -0.4 is 0 Å². The van der Waals surface area contributed by atoms with Crippen LogP contribution in [0.5, 0.6) is 0 Å². The number of aliphatic hydroxyl groups excluding tert-OH is 1. The standard InChI is InChI=1S/C7H12O2/c1-7-4-2-3-5(8)6(7)9-7/h5-6,8H,2-4H2,1H3. The van der Waals surface area contributed by atoms with Crippen molar-refractivity contribution in [3.8, 4) is 0 Å². The first-order valence-electron chi connectivity index (χ1n) is 3.58. The Kier molecular flexibility index (Phi) is 0.945. The van der Waals surface area contributed by atoms with Crippen LogP contribution in [-0.2, 0) is 4.74 Å². The Morgan fingerprint density at radius 2 is 2.44 bits per heavy atom. The molecule has 0 aromatic heterocycles. The van der Waals surface area contributed by atoms with Gasteiger partial charge in [0, 0.05) is 0 Å². The van der Waals surface area contributed by atoms with Crippen molar-refractivity contribution in [3.63, 3.8) is 0 Å². The van der Waals surface area contributed by atoms with Gasteiger partial charge >= 0.3 is 0 Å². The van der Waals surface area contributed by atoms with Crippen molar-refractivity contribution >= 4 is 0 Å². The molecule has 52 valence electrons. The van der Waals surface area contributed by atoms with Crippen LogP contribution in [0, 0.1) is 0 Å². The van der Waals surface area contributed by atoms with Crippen molar-refractivity contribution < 1.29 is 9.84 Å². The van der Waals surface area contributed by atoms with Gasteiger partial charge in [0.25, 0.3) is 0 Å². The third-order valence-corrected chi connectivity index (χ3v) is 2.46. The van der Waals surface area contributed by atoms with E-state index in [0.29, 0.717) is 0 Å². The largest absolute Gasteiger partial charge is 0.390 e. The monoisotopic (exact) mass is 128 g/mol. The van der Waals surface area contributed by atoms with Crippen molar-refractivity contribution in [1.29, 1.82) is 0 Å². The highest BCUT2D eigenvalue weighted by atomic mass is 16.6. The van der Waals surface area contributed by atoms with Crippen LogP contribution >= 0.6 is 0 Å². The normalized spacial score (nSPS) is 56.7. The minimum absolute atomic E-state index is 0.0671. The molecule has 2 fully saturated rings. The van der Waals surface area contributed by atoms with E-state index in [0.717, 1.165) is 19.3 Å². The first kappa shape index (κ1) is 5.69. The van der Waals surface area contributed by atoms with E-state index in [4.69, 9.17) is 4.74 Å². The van der Waals surface area contributed by atoms with Crippen LogP contribution in [0.1, 0.15) is 26.2 Å². The van der Waals surface area contributed by atoms with Crippen LogP contribution in [0.3, 0.4) is 0 Å². The average Bonchev–Trinajstić information content (AvgIpc) is 2.43. The van der Waals surface area contributed by atoms with Gasteiger partial charge in [0.1, 0.15) is 6.10 Å². The molecule has 0 aromatic rings. The zero-order chi connectivity index (χ0) is 6.48. The van der Waals surface area contributed by atoms with Gasteiger partial charge in [-0.05, 0) is 26.2 Å². The Balaban J connectivity index is 2.07. The van der Waals surface area contributed by atoms with E-state index in [-0.39, 0.29) is 17.8 Å². The van der Waals surface area contributed by atoms with Crippen LogP contribution in [0.25, 0.3) is 0 Å². The lowest BCUT2D eigenvalue weighted by molar-refractivity contribution is 0.123. The fourth-order valence-corrected chi connectivity index (χ4v) is 1.76. The van der Waals surface area contributed by atoms with Gasteiger partial charge in [0.05, 0.1) is 11.7 Å². The second kappa shape index (κ2) is 1.50. The molecule has 0 bridgehead atoms. The first-order valence-corrected chi connectivity index (χ1v) is 3.58. The Morgan fingerprint density at radius 3 is 3.00 bits per heavy atom. The lowest BCUT2D eigenvalue weighted by atomic mass is 9.89. The molecule has 1 aliphatic heterocycles. The summed E-state index contributed by atoms with van der Waals surface area (Å²) in [6, 6.07) is 0. The molecule has 0 amide bonds. The van der Waals surface area contributed by atoms with E-state index in [1.807, 2.05) is 0 Å². The molecule has 1 N–H and O–H groups in total. The van der Waals surface area contributed by atoms with Crippen molar-refractivity contribution in [2.45, 2.75) is 44.0 Å². The van der Waals surface area contributed by atoms with E-state index in [1.54, 1.807) is 0 Å². The van der Waals surface area contributed by atoms with Gasteiger partial charge in [-0.25, -0.2) is 0 Å². The minimum Gasteiger partial charge on any atom is -0.390 e. The van der Waals surface area contributed by atoms with E-state index >= 15 is 0 Å². The Bertz CT molecular complexity index is 135. The highest BCUT2D eigenvalue weighted by Crippen LogP contribution is 2.47. The van der Waals surface area contributed by atoms with Crippen molar-refractivity contribution in [1.82, 2.24) is 0 Å². The number of hydrogen-bond donors (Lipinski definition) is 1. The summed E-state index contributed by atoms with van der Waals surface area (Å²) in [6.45, 7) is 2.08. The number of aliphatic hydroxyl groups is 1. The predicted octanol–water partition coefficient (Wildman–Crippen LogP) is 0.689. The van der Waals surface area contributed by atoms with Crippen LogP contribution in [-0.4, -0.2) is 22.9 Å². The van der Waals surface area contributed by atoms with Crippen molar-refractivity contribution in [2.75, 3.05) is 0 Å². The molecule has 2 nitrogen and oxygen atoms in total. The average molecular weight is 128 g/mol. The molecule has 2 rings (SSSR count).